The molecule has 1 aromatic heterocycles. The molecule has 1 N–H and O–H groups in total. The van der Waals surface area contributed by atoms with Crippen molar-refractivity contribution < 1.29 is 8.78 Å². The first kappa shape index (κ1) is 14.2. The molecule has 0 radical (unpaired) electrons. The fourth-order valence-electron chi connectivity index (χ4n) is 1.98. The van der Waals surface area contributed by atoms with Crippen molar-refractivity contribution in [1.29, 1.82) is 0 Å². The molecule has 0 bridgehead atoms. The third-order valence-corrected chi connectivity index (χ3v) is 3.02. The van der Waals surface area contributed by atoms with Gasteiger partial charge in [-0.2, -0.15) is 0 Å². The number of anilines is 2. The maximum Gasteiger partial charge on any atom is 0.131 e. The van der Waals surface area contributed by atoms with E-state index >= 15 is 0 Å². The lowest BCUT2D eigenvalue weighted by molar-refractivity contribution is 0.544. The van der Waals surface area contributed by atoms with Crippen LogP contribution in [0.25, 0.3) is 0 Å². The van der Waals surface area contributed by atoms with Gasteiger partial charge in [-0.15, -0.1) is 0 Å². The van der Waals surface area contributed by atoms with Gasteiger partial charge in [0.05, 0.1) is 17.9 Å². The molecule has 0 fully saturated rings. The van der Waals surface area contributed by atoms with Crippen molar-refractivity contribution in [2.45, 2.75) is 13.0 Å². The maximum atomic E-state index is 13.7. The van der Waals surface area contributed by atoms with Crippen LogP contribution in [0.5, 0.6) is 0 Å². The van der Waals surface area contributed by atoms with E-state index in [4.69, 9.17) is 0 Å². The van der Waals surface area contributed by atoms with E-state index in [1.54, 1.807) is 13.1 Å². The van der Waals surface area contributed by atoms with Crippen LogP contribution in [0.1, 0.15) is 18.5 Å². The van der Waals surface area contributed by atoms with E-state index < -0.39 is 17.7 Å². The zero-order chi connectivity index (χ0) is 14.7. The molecule has 0 aliphatic heterocycles. The maximum absolute atomic E-state index is 13.7. The Bertz CT molecular complexity index is 562. The molecular weight excluding hydrogens is 260 g/mol. The summed E-state index contributed by atoms with van der Waals surface area (Å²) >= 11 is 0. The van der Waals surface area contributed by atoms with Gasteiger partial charge >= 0.3 is 0 Å². The van der Waals surface area contributed by atoms with Crippen LogP contribution in [0.4, 0.5) is 20.3 Å². The third kappa shape index (κ3) is 3.04. The topological polar surface area (TPSA) is 28.2 Å². The van der Waals surface area contributed by atoms with Crippen LogP contribution < -0.4 is 10.2 Å². The highest BCUT2D eigenvalue weighted by Gasteiger charge is 2.15. The van der Waals surface area contributed by atoms with E-state index in [1.165, 1.54) is 18.2 Å². The van der Waals surface area contributed by atoms with E-state index in [-0.39, 0.29) is 5.56 Å². The van der Waals surface area contributed by atoms with Gasteiger partial charge in [-0.25, -0.2) is 13.8 Å². The summed E-state index contributed by atoms with van der Waals surface area (Å²) in [5, 5.41) is 3.04. The van der Waals surface area contributed by atoms with E-state index in [1.807, 2.05) is 31.1 Å². The predicted octanol–water partition coefficient (Wildman–Crippen LogP) is 3.60. The minimum Gasteiger partial charge on any atom is -0.377 e. The summed E-state index contributed by atoms with van der Waals surface area (Å²) in [5.41, 5.74) is 0.745. The number of aromatic nitrogens is 1. The predicted molar refractivity (Wildman–Crippen MR) is 77.0 cm³/mol. The molecule has 3 nitrogen and oxygen atoms in total. The number of pyridine rings is 1. The van der Waals surface area contributed by atoms with Crippen LogP contribution >= 0.6 is 0 Å². The molecule has 1 aromatic carbocycles. The summed E-state index contributed by atoms with van der Waals surface area (Å²) in [6.07, 6.45) is 1.64. The minimum absolute atomic E-state index is 0.0317. The Hall–Kier alpha value is -2.17. The number of rotatable bonds is 4. The van der Waals surface area contributed by atoms with E-state index in [0.29, 0.717) is 5.69 Å². The molecular formula is C15H17F2N3. The summed E-state index contributed by atoms with van der Waals surface area (Å²) in [6.45, 7) is 1.71. The molecule has 2 aromatic rings. The Morgan fingerprint density at radius 3 is 2.25 bits per heavy atom. The summed E-state index contributed by atoms with van der Waals surface area (Å²) < 4.78 is 27.3. The molecule has 0 aliphatic rings. The number of hydrogen-bond donors (Lipinski definition) is 1. The Labute approximate surface area is 117 Å². The van der Waals surface area contributed by atoms with Crippen LogP contribution in [0.15, 0.2) is 36.5 Å². The number of nitrogens with zero attached hydrogens (tertiary/aromatic N) is 2. The second kappa shape index (κ2) is 5.86. The Balaban J connectivity index is 2.17. The van der Waals surface area contributed by atoms with Gasteiger partial charge in [0, 0.05) is 19.7 Å². The monoisotopic (exact) mass is 277 g/mol. The fraction of sp³-hybridized carbons (Fsp3) is 0.267. The smallest absolute Gasteiger partial charge is 0.131 e. The molecule has 20 heavy (non-hydrogen) atoms. The molecule has 0 saturated carbocycles. The van der Waals surface area contributed by atoms with Crippen molar-refractivity contribution in [3.05, 3.63) is 53.7 Å². The average molecular weight is 277 g/mol. The highest BCUT2D eigenvalue weighted by atomic mass is 19.1. The van der Waals surface area contributed by atoms with Crippen LogP contribution in [0, 0.1) is 11.6 Å². The summed E-state index contributed by atoms with van der Waals surface area (Å²) in [7, 11) is 3.79. The van der Waals surface area contributed by atoms with Crippen LogP contribution in [-0.2, 0) is 0 Å². The first-order valence-corrected chi connectivity index (χ1v) is 6.33. The molecule has 5 heteroatoms. The van der Waals surface area contributed by atoms with Crippen molar-refractivity contribution in [3.63, 3.8) is 0 Å². The second-order valence-corrected chi connectivity index (χ2v) is 4.80. The van der Waals surface area contributed by atoms with Gasteiger partial charge in [0.2, 0.25) is 0 Å². The highest BCUT2D eigenvalue weighted by Crippen LogP contribution is 2.24. The number of nitrogens with one attached hydrogen (secondary N) is 1. The molecule has 106 valence electrons. The van der Waals surface area contributed by atoms with Crippen LogP contribution in [-0.4, -0.2) is 19.1 Å². The first-order chi connectivity index (χ1) is 9.49. The lowest BCUT2D eigenvalue weighted by Gasteiger charge is -2.18. The van der Waals surface area contributed by atoms with Gasteiger partial charge in [0.25, 0.3) is 0 Å². The number of hydrogen-bond acceptors (Lipinski definition) is 3. The van der Waals surface area contributed by atoms with Gasteiger partial charge in [-0.1, -0.05) is 6.07 Å². The SMILES string of the molecule is CC(Nc1ccc(N(C)C)nc1)c1c(F)cccc1F. The van der Waals surface area contributed by atoms with Gasteiger partial charge in [0.15, 0.2) is 0 Å². The fourth-order valence-corrected chi connectivity index (χ4v) is 1.98. The van der Waals surface area contributed by atoms with Crippen molar-refractivity contribution in [1.82, 2.24) is 4.98 Å². The molecule has 1 unspecified atom stereocenters. The first-order valence-electron chi connectivity index (χ1n) is 6.33. The third-order valence-electron chi connectivity index (χ3n) is 3.02. The van der Waals surface area contributed by atoms with Gasteiger partial charge in [-0.05, 0) is 31.2 Å². The normalized spacial score (nSPS) is 12.1. The quantitative estimate of drug-likeness (QED) is 0.925. The van der Waals surface area contributed by atoms with E-state index in [0.717, 1.165) is 5.82 Å². The highest BCUT2D eigenvalue weighted by molar-refractivity contribution is 5.49. The van der Waals surface area contributed by atoms with Gasteiger partial charge in [0.1, 0.15) is 17.5 Å². The van der Waals surface area contributed by atoms with Crippen molar-refractivity contribution in [2.75, 3.05) is 24.3 Å². The standard InChI is InChI=1S/C15H17F2N3/c1-10(15-12(16)5-4-6-13(15)17)19-11-7-8-14(18-9-11)20(2)3/h4-10,19H,1-3H3. The Kier molecular flexibility index (Phi) is 4.17. The lowest BCUT2D eigenvalue weighted by Crippen LogP contribution is -2.13. The van der Waals surface area contributed by atoms with Gasteiger partial charge in [-0.3, -0.25) is 0 Å². The molecule has 0 saturated heterocycles. The van der Waals surface area contributed by atoms with Crippen molar-refractivity contribution in [3.8, 4) is 0 Å². The molecule has 0 aliphatic carbocycles. The molecule has 0 spiro atoms. The average Bonchev–Trinajstić information content (AvgIpc) is 2.39. The summed E-state index contributed by atoms with van der Waals surface area (Å²) in [5.74, 6) is -0.286. The largest absolute Gasteiger partial charge is 0.377 e. The number of benzene rings is 1. The Morgan fingerprint density at radius 1 is 1.10 bits per heavy atom. The lowest BCUT2D eigenvalue weighted by atomic mass is 10.1. The van der Waals surface area contributed by atoms with Crippen molar-refractivity contribution >= 4 is 11.5 Å². The molecule has 1 heterocycles. The molecule has 0 amide bonds. The molecule has 1 atom stereocenters. The van der Waals surface area contributed by atoms with Crippen LogP contribution in [0.2, 0.25) is 0 Å². The summed E-state index contributed by atoms with van der Waals surface area (Å²) in [6, 6.07) is 7.05. The zero-order valence-corrected chi connectivity index (χ0v) is 11.7. The minimum atomic E-state index is -0.553. The van der Waals surface area contributed by atoms with Crippen molar-refractivity contribution in [2.24, 2.45) is 0 Å². The zero-order valence-electron chi connectivity index (χ0n) is 11.7. The van der Waals surface area contributed by atoms with E-state index in [9.17, 15) is 8.78 Å². The van der Waals surface area contributed by atoms with E-state index in [2.05, 4.69) is 10.3 Å². The second-order valence-electron chi connectivity index (χ2n) is 4.80. The van der Waals surface area contributed by atoms with Crippen LogP contribution in [0.3, 0.4) is 0 Å². The van der Waals surface area contributed by atoms with Gasteiger partial charge < -0.3 is 10.2 Å². The Morgan fingerprint density at radius 2 is 1.75 bits per heavy atom. The summed E-state index contributed by atoms with van der Waals surface area (Å²) in [4.78, 5) is 6.12. The molecule has 2 rings (SSSR count). The number of halogens is 2.